The van der Waals surface area contributed by atoms with Crippen molar-refractivity contribution in [1.29, 1.82) is 0 Å². The van der Waals surface area contributed by atoms with Crippen molar-refractivity contribution in [2.75, 3.05) is 18.2 Å². The van der Waals surface area contributed by atoms with E-state index in [2.05, 4.69) is 20.3 Å². The van der Waals surface area contributed by atoms with Gasteiger partial charge in [-0.1, -0.05) is 23.4 Å². The molecule has 3 aromatic rings. The average Bonchev–Trinajstić information content (AvgIpc) is 3.25. The van der Waals surface area contributed by atoms with Crippen LogP contribution in [0.1, 0.15) is 19.1 Å². The van der Waals surface area contributed by atoms with Gasteiger partial charge in [0.05, 0.1) is 6.33 Å². The average molecular weight is 362 g/mol. The third kappa shape index (κ3) is 2.94. The molecule has 0 aliphatic carbocycles. The van der Waals surface area contributed by atoms with Crippen LogP contribution in [-0.2, 0) is 4.74 Å². The van der Waals surface area contributed by atoms with Crippen molar-refractivity contribution in [3.63, 3.8) is 0 Å². The Morgan fingerprint density at radius 2 is 2.12 bits per heavy atom. The Balaban J connectivity index is 1.77. The molecule has 124 valence electrons. The number of imidazole rings is 1. The Morgan fingerprint density at radius 3 is 2.83 bits per heavy atom. The van der Waals surface area contributed by atoms with Gasteiger partial charge in [-0.15, -0.1) is 0 Å². The molecular weight excluding hydrogens is 346 g/mol. The first-order valence-electron chi connectivity index (χ1n) is 7.67. The van der Waals surface area contributed by atoms with E-state index < -0.39 is 0 Å². The summed E-state index contributed by atoms with van der Waals surface area (Å²) in [5.41, 5.74) is 2.43. The van der Waals surface area contributed by atoms with Crippen LogP contribution >= 0.6 is 23.4 Å². The molecule has 8 heteroatoms. The molecule has 1 fully saturated rings. The van der Waals surface area contributed by atoms with Crippen LogP contribution in [0, 0.1) is 0 Å². The molecule has 4 rings (SSSR count). The second-order valence-electron chi connectivity index (χ2n) is 5.48. The van der Waals surface area contributed by atoms with E-state index in [1.54, 1.807) is 6.33 Å². The van der Waals surface area contributed by atoms with E-state index in [1.807, 2.05) is 35.1 Å². The molecule has 3 heterocycles. The fourth-order valence-corrected chi connectivity index (χ4v) is 3.22. The van der Waals surface area contributed by atoms with Crippen molar-refractivity contribution in [3.8, 4) is 0 Å². The van der Waals surface area contributed by atoms with E-state index in [4.69, 9.17) is 16.3 Å². The topological polar surface area (TPSA) is 64.9 Å². The number of ether oxygens (including phenoxy) is 1. The van der Waals surface area contributed by atoms with Crippen molar-refractivity contribution >= 4 is 46.0 Å². The summed E-state index contributed by atoms with van der Waals surface area (Å²) >= 11 is 7.45. The van der Waals surface area contributed by atoms with E-state index in [-0.39, 0.29) is 6.23 Å². The van der Waals surface area contributed by atoms with Gasteiger partial charge in [0.1, 0.15) is 6.23 Å². The van der Waals surface area contributed by atoms with Gasteiger partial charge in [-0.25, -0.2) is 15.0 Å². The Morgan fingerprint density at radius 1 is 1.29 bits per heavy atom. The summed E-state index contributed by atoms with van der Waals surface area (Å²) in [5, 5.41) is 4.70. The number of halogens is 1. The lowest BCUT2D eigenvalue weighted by molar-refractivity contribution is 0.0592. The number of aromatic nitrogens is 4. The van der Waals surface area contributed by atoms with Gasteiger partial charge in [0, 0.05) is 17.3 Å². The molecule has 1 unspecified atom stereocenters. The molecule has 1 aliphatic heterocycles. The van der Waals surface area contributed by atoms with Crippen LogP contribution in [0.15, 0.2) is 35.7 Å². The highest BCUT2D eigenvalue weighted by molar-refractivity contribution is 7.98. The molecule has 1 atom stereocenters. The third-order valence-corrected chi connectivity index (χ3v) is 4.71. The standard InChI is InChI=1S/C16H16ClN5OS/c1-24-16-20-14(19-11-6-4-10(17)5-7-11)13-15(21-16)22(9-18-13)12-3-2-8-23-12/h4-7,9,12H,2-3,8H2,1H3,(H,19,20,21). The second-order valence-corrected chi connectivity index (χ2v) is 6.69. The van der Waals surface area contributed by atoms with Gasteiger partial charge in [-0.3, -0.25) is 4.57 Å². The van der Waals surface area contributed by atoms with Crippen LogP contribution < -0.4 is 5.32 Å². The first-order chi connectivity index (χ1) is 11.7. The molecular formula is C16H16ClN5OS. The van der Waals surface area contributed by atoms with Crippen molar-refractivity contribution in [3.05, 3.63) is 35.6 Å². The van der Waals surface area contributed by atoms with Crippen LogP contribution in [0.2, 0.25) is 5.02 Å². The summed E-state index contributed by atoms with van der Waals surface area (Å²) in [4.78, 5) is 13.7. The van der Waals surface area contributed by atoms with E-state index in [0.29, 0.717) is 16.0 Å². The van der Waals surface area contributed by atoms with Gasteiger partial charge in [0.15, 0.2) is 22.1 Å². The van der Waals surface area contributed by atoms with E-state index in [1.165, 1.54) is 11.8 Å². The Labute approximate surface area is 148 Å². The fraction of sp³-hybridized carbons (Fsp3) is 0.312. The van der Waals surface area contributed by atoms with E-state index >= 15 is 0 Å². The van der Waals surface area contributed by atoms with Crippen molar-refractivity contribution < 1.29 is 4.74 Å². The maximum absolute atomic E-state index is 5.95. The van der Waals surface area contributed by atoms with Crippen LogP contribution in [0.5, 0.6) is 0 Å². The van der Waals surface area contributed by atoms with Gasteiger partial charge in [0.2, 0.25) is 0 Å². The number of benzene rings is 1. The predicted molar refractivity (Wildman–Crippen MR) is 96.1 cm³/mol. The molecule has 0 bridgehead atoms. The Kier molecular flexibility index (Phi) is 4.30. The number of hydrogen-bond acceptors (Lipinski definition) is 6. The summed E-state index contributed by atoms with van der Waals surface area (Å²) in [6.45, 7) is 0.778. The summed E-state index contributed by atoms with van der Waals surface area (Å²) in [5.74, 6) is 0.684. The Bertz CT molecular complexity index is 861. The number of thioether (sulfide) groups is 1. The SMILES string of the molecule is CSc1nc(Nc2ccc(Cl)cc2)c2ncn(C3CCCO3)c2n1. The zero-order valence-corrected chi connectivity index (χ0v) is 14.6. The number of nitrogens with zero attached hydrogens (tertiary/aromatic N) is 4. The highest BCUT2D eigenvalue weighted by atomic mass is 35.5. The molecule has 1 aromatic carbocycles. The molecule has 1 saturated heterocycles. The lowest BCUT2D eigenvalue weighted by Crippen LogP contribution is -2.07. The van der Waals surface area contributed by atoms with Gasteiger partial charge >= 0.3 is 0 Å². The summed E-state index contributed by atoms with van der Waals surface area (Å²) in [6.07, 6.45) is 5.78. The highest BCUT2D eigenvalue weighted by Crippen LogP contribution is 2.30. The van der Waals surface area contributed by atoms with Crippen LogP contribution in [0.25, 0.3) is 11.2 Å². The van der Waals surface area contributed by atoms with Crippen molar-refractivity contribution in [1.82, 2.24) is 19.5 Å². The number of anilines is 2. The number of fused-ring (bicyclic) bond motifs is 1. The minimum absolute atomic E-state index is 0.00277. The van der Waals surface area contributed by atoms with Crippen molar-refractivity contribution in [2.24, 2.45) is 0 Å². The lowest BCUT2D eigenvalue weighted by Gasteiger charge is -2.12. The van der Waals surface area contributed by atoms with Gasteiger partial charge in [-0.2, -0.15) is 0 Å². The summed E-state index contributed by atoms with van der Waals surface area (Å²) in [7, 11) is 0. The Hall–Kier alpha value is -1.83. The number of nitrogens with one attached hydrogen (secondary N) is 1. The minimum atomic E-state index is 0.00277. The summed E-state index contributed by atoms with van der Waals surface area (Å²) in [6, 6.07) is 7.49. The lowest BCUT2D eigenvalue weighted by atomic mass is 10.3. The van der Waals surface area contributed by atoms with Gasteiger partial charge < -0.3 is 10.1 Å². The molecule has 2 aromatic heterocycles. The first-order valence-corrected chi connectivity index (χ1v) is 9.27. The normalized spacial score (nSPS) is 17.5. The zero-order chi connectivity index (χ0) is 16.5. The third-order valence-electron chi connectivity index (χ3n) is 3.91. The zero-order valence-electron chi connectivity index (χ0n) is 13.1. The number of rotatable bonds is 4. The van der Waals surface area contributed by atoms with Gasteiger partial charge in [-0.05, 0) is 43.4 Å². The van der Waals surface area contributed by atoms with Gasteiger partial charge in [0.25, 0.3) is 0 Å². The molecule has 0 saturated carbocycles. The molecule has 1 N–H and O–H groups in total. The highest BCUT2D eigenvalue weighted by Gasteiger charge is 2.22. The van der Waals surface area contributed by atoms with Crippen LogP contribution in [0.4, 0.5) is 11.5 Å². The fourth-order valence-electron chi connectivity index (χ4n) is 2.74. The monoisotopic (exact) mass is 361 g/mol. The molecule has 6 nitrogen and oxygen atoms in total. The maximum atomic E-state index is 5.95. The second kappa shape index (κ2) is 6.58. The molecule has 0 radical (unpaired) electrons. The smallest absolute Gasteiger partial charge is 0.191 e. The largest absolute Gasteiger partial charge is 0.358 e. The number of hydrogen-bond donors (Lipinski definition) is 1. The first kappa shape index (κ1) is 15.7. The summed E-state index contributed by atoms with van der Waals surface area (Å²) < 4.78 is 7.77. The molecule has 0 amide bonds. The molecule has 24 heavy (non-hydrogen) atoms. The minimum Gasteiger partial charge on any atom is -0.358 e. The molecule has 0 spiro atoms. The predicted octanol–water partition coefficient (Wildman–Crippen LogP) is 4.25. The maximum Gasteiger partial charge on any atom is 0.191 e. The molecule has 1 aliphatic rings. The quantitative estimate of drug-likeness (QED) is 0.553. The van der Waals surface area contributed by atoms with Crippen LogP contribution in [0.3, 0.4) is 0 Å². The van der Waals surface area contributed by atoms with E-state index in [0.717, 1.165) is 36.3 Å². The van der Waals surface area contributed by atoms with Crippen molar-refractivity contribution in [2.45, 2.75) is 24.2 Å². The van der Waals surface area contributed by atoms with Crippen LogP contribution in [-0.4, -0.2) is 32.4 Å². The van der Waals surface area contributed by atoms with E-state index in [9.17, 15) is 0 Å².